The molecular formula is C18H18BrN3O. The number of hydrogen-bond donors (Lipinski definition) is 1. The summed E-state index contributed by atoms with van der Waals surface area (Å²) in [5.74, 6) is 0.868. The van der Waals surface area contributed by atoms with Crippen molar-refractivity contribution in [3.63, 3.8) is 0 Å². The van der Waals surface area contributed by atoms with Crippen molar-refractivity contribution in [2.75, 3.05) is 0 Å². The largest absolute Gasteiger partial charge is 0.507 e. The summed E-state index contributed by atoms with van der Waals surface area (Å²) in [7, 11) is 0. The van der Waals surface area contributed by atoms with Crippen molar-refractivity contribution in [2.24, 2.45) is 4.99 Å². The van der Waals surface area contributed by atoms with E-state index < -0.39 is 0 Å². The highest BCUT2D eigenvalue weighted by atomic mass is 79.9. The van der Waals surface area contributed by atoms with Gasteiger partial charge in [0.15, 0.2) is 0 Å². The van der Waals surface area contributed by atoms with Gasteiger partial charge in [0.1, 0.15) is 5.75 Å². The van der Waals surface area contributed by atoms with Crippen LogP contribution >= 0.6 is 15.9 Å². The van der Waals surface area contributed by atoms with Crippen LogP contribution in [0.25, 0.3) is 11.0 Å². The van der Waals surface area contributed by atoms with Crippen LogP contribution in [-0.2, 0) is 6.54 Å². The third kappa shape index (κ3) is 3.45. The summed E-state index contributed by atoms with van der Waals surface area (Å²) in [4.78, 5) is 9.12. The zero-order valence-corrected chi connectivity index (χ0v) is 14.5. The van der Waals surface area contributed by atoms with E-state index in [1.807, 2.05) is 24.3 Å². The number of para-hydroxylation sites is 2. The number of fused-ring (bicyclic) bond motifs is 1. The summed E-state index contributed by atoms with van der Waals surface area (Å²) in [6.45, 7) is 3.05. The molecule has 118 valence electrons. The van der Waals surface area contributed by atoms with Crippen molar-refractivity contribution in [3.05, 3.63) is 52.5 Å². The van der Waals surface area contributed by atoms with Gasteiger partial charge in [-0.05, 0) is 36.8 Å². The molecule has 0 aliphatic heterocycles. The van der Waals surface area contributed by atoms with Crippen molar-refractivity contribution < 1.29 is 5.11 Å². The lowest BCUT2D eigenvalue weighted by atomic mass is 10.2. The first-order valence-corrected chi connectivity index (χ1v) is 8.46. The van der Waals surface area contributed by atoms with Crippen molar-refractivity contribution in [1.29, 1.82) is 0 Å². The highest BCUT2D eigenvalue weighted by Gasteiger charge is 2.09. The van der Waals surface area contributed by atoms with E-state index in [9.17, 15) is 5.11 Å². The Balaban J connectivity index is 2.01. The van der Waals surface area contributed by atoms with Crippen molar-refractivity contribution in [1.82, 2.24) is 9.55 Å². The predicted molar refractivity (Wildman–Crippen MR) is 97.7 cm³/mol. The monoisotopic (exact) mass is 371 g/mol. The van der Waals surface area contributed by atoms with E-state index >= 15 is 0 Å². The first-order chi connectivity index (χ1) is 11.2. The molecule has 0 aliphatic carbocycles. The number of aryl methyl sites for hydroxylation is 1. The molecule has 1 heterocycles. The van der Waals surface area contributed by atoms with Crippen molar-refractivity contribution in [3.8, 4) is 5.75 Å². The molecule has 0 radical (unpaired) electrons. The molecule has 0 aliphatic rings. The van der Waals surface area contributed by atoms with Crippen LogP contribution in [0.4, 0.5) is 5.95 Å². The first kappa shape index (κ1) is 15.7. The highest BCUT2D eigenvalue weighted by Crippen LogP contribution is 2.24. The zero-order valence-electron chi connectivity index (χ0n) is 12.9. The Morgan fingerprint density at radius 3 is 2.91 bits per heavy atom. The van der Waals surface area contributed by atoms with Gasteiger partial charge in [0.05, 0.1) is 11.0 Å². The number of nitrogens with zero attached hydrogens (tertiary/aromatic N) is 3. The quantitative estimate of drug-likeness (QED) is 0.637. The fourth-order valence-electron chi connectivity index (χ4n) is 2.45. The smallest absolute Gasteiger partial charge is 0.230 e. The Morgan fingerprint density at radius 2 is 2.09 bits per heavy atom. The lowest BCUT2D eigenvalue weighted by Crippen LogP contribution is -1.97. The maximum atomic E-state index is 9.92. The summed E-state index contributed by atoms with van der Waals surface area (Å²) in [5, 5.41) is 9.92. The summed E-state index contributed by atoms with van der Waals surface area (Å²) < 4.78 is 3.03. The van der Waals surface area contributed by atoms with Crippen LogP contribution in [0, 0.1) is 0 Å². The van der Waals surface area contributed by atoms with E-state index in [1.54, 1.807) is 18.3 Å². The molecule has 2 aromatic carbocycles. The van der Waals surface area contributed by atoms with E-state index in [0.29, 0.717) is 11.5 Å². The number of hydrogen-bond acceptors (Lipinski definition) is 3. The van der Waals surface area contributed by atoms with Gasteiger partial charge in [-0.3, -0.25) is 0 Å². The van der Waals surface area contributed by atoms with Gasteiger partial charge in [0, 0.05) is 22.8 Å². The van der Waals surface area contributed by atoms with Gasteiger partial charge in [-0.2, -0.15) is 0 Å². The fourth-order valence-corrected chi connectivity index (χ4v) is 2.83. The lowest BCUT2D eigenvalue weighted by Gasteiger charge is -2.05. The summed E-state index contributed by atoms with van der Waals surface area (Å²) >= 11 is 3.41. The SMILES string of the molecule is CCCCn1c(N=Cc2cc(Br)ccc2O)nc2ccccc21. The number of phenolic OH excluding ortho intramolecular Hbond substituents is 1. The molecule has 0 atom stereocenters. The van der Waals surface area contributed by atoms with Gasteiger partial charge in [-0.1, -0.05) is 41.4 Å². The third-order valence-corrected chi connectivity index (χ3v) is 4.17. The lowest BCUT2D eigenvalue weighted by molar-refractivity contribution is 0.474. The Bertz CT molecular complexity index is 855. The van der Waals surface area contributed by atoms with Gasteiger partial charge in [0.2, 0.25) is 5.95 Å². The van der Waals surface area contributed by atoms with Crippen LogP contribution in [0.5, 0.6) is 5.75 Å². The molecule has 0 saturated heterocycles. The molecule has 0 spiro atoms. The Morgan fingerprint density at radius 1 is 1.26 bits per heavy atom. The molecule has 0 fully saturated rings. The van der Waals surface area contributed by atoms with E-state index in [1.165, 1.54) is 0 Å². The number of aromatic hydroxyl groups is 1. The normalized spacial score (nSPS) is 11.6. The highest BCUT2D eigenvalue weighted by molar-refractivity contribution is 9.10. The summed E-state index contributed by atoms with van der Waals surface area (Å²) in [5.41, 5.74) is 2.69. The molecular weight excluding hydrogens is 354 g/mol. The molecule has 0 bridgehead atoms. The fraction of sp³-hybridized carbons (Fsp3) is 0.222. The Labute approximate surface area is 143 Å². The number of phenols is 1. The number of unbranched alkanes of at least 4 members (excludes halogenated alkanes) is 1. The van der Waals surface area contributed by atoms with Gasteiger partial charge in [-0.25, -0.2) is 9.98 Å². The second-order valence-electron chi connectivity index (χ2n) is 5.37. The van der Waals surface area contributed by atoms with E-state index in [4.69, 9.17) is 0 Å². The van der Waals surface area contributed by atoms with Gasteiger partial charge >= 0.3 is 0 Å². The van der Waals surface area contributed by atoms with Crippen molar-refractivity contribution >= 4 is 39.1 Å². The van der Waals surface area contributed by atoms with E-state index in [2.05, 4.69) is 43.5 Å². The van der Waals surface area contributed by atoms with Crippen LogP contribution in [0.3, 0.4) is 0 Å². The Kier molecular flexibility index (Phi) is 4.76. The maximum Gasteiger partial charge on any atom is 0.230 e. The summed E-state index contributed by atoms with van der Waals surface area (Å²) in [6, 6.07) is 13.3. The topological polar surface area (TPSA) is 50.4 Å². The third-order valence-electron chi connectivity index (χ3n) is 3.68. The van der Waals surface area contributed by atoms with Crippen LogP contribution in [-0.4, -0.2) is 20.9 Å². The average molecular weight is 372 g/mol. The van der Waals surface area contributed by atoms with E-state index in [0.717, 1.165) is 34.9 Å². The minimum atomic E-state index is 0.202. The molecule has 1 N–H and O–H groups in total. The number of rotatable bonds is 5. The zero-order chi connectivity index (χ0) is 16.2. The number of aromatic nitrogens is 2. The van der Waals surface area contributed by atoms with Crippen LogP contribution < -0.4 is 0 Å². The summed E-state index contributed by atoms with van der Waals surface area (Å²) in [6.07, 6.45) is 3.84. The van der Waals surface area contributed by atoms with E-state index in [-0.39, 0.29) is 5.75 Å². The minimum absolute atomic E-state index is 0.202. The predicted octanol–water partition coefficient (Wildman–Crippen LogP) is 5.06. The van der Waals surface area contributed by atoms with Crippen molar-refractivity contribution in [2.45, 2.75) is 26.3 Å². The average Bonchev–Trinajstić information content (AvgIpc) is 2.91. The first-order valence-electron chi connectivity index (χ1n) is 7.67. The minimum Gasteiger partial charge on any atom is -0.507 e. The number of imidazole rings is 1. The standard InChI is InChI=1S/C18H18BrN3O/c1-2-3-10-22-16-7-5-4-6-15(16)21-18(22)20-12-13-11-14(19)8-9-17(13)23/h4-9,11-12,23H,2-3,10H2,1H3. The second kappa shape index (κ2) is 6.96. The number of aliphatic imine (C=N–C) groups is 1. The molecule has 3 aromatic rings. The molecule has 23 heavy (non-hydrogen) atoms. The van der Waals surface area contributed by atoms with Crippen LogP contribution in [0.15, 0.2) is 51.9 Å². The van der Waals surface area contributed by atoms with Crippen LogP contribution in [0.2, 0.25) is 0 Å². The van der Waals surface area contributed by atoms with Gasteiger partial charge < -0.3 is 9.67 Å². The molecule has 1 aromatic heterocycles. The molecule has 0 saturated carbocycles. The molecule has 5 heteroatoms. The van der Waals surface area contributed by atoms with Gasteiger partial charge in [0.25, 0.3) is 0 Å². The maximum absolute atomic E-state index is 9.92. The van der Waals surface area contributed by atoms with Gasteiger partial charge in [-0.15, -0.1) is 0 Å². The number of halogens is 1. The molecule has 0 unspecified atom stereocenters. The molecule has 0 amide bonds. The second-order valence-corrected chi connectivity index (χ2v) is 6.28. The molecule has 3 rings (SSSR count). The Hall–Kier alpha value is -2.14. The number of benzene rings is 2. The molecule has 4 nitrogen and oxygen atoms in total. The van der Waals surface area contributed by atoms with Crippen LogP contribution in [0.1, 0.15) is 25.3 Å².